The van der Waals surface area contributed by atoms with Crippen LogP contribution in [-0.4, -0.2) is 20.7 Å². The molecule has 0 radical (unpaired) electrons. The van der Waals surface area contributed by atoms with Crippen LogP contribution in [0.25, 0.3) is 0 Å². The Kier molecular flexibility index (Phi) is 15.3. The molecule has 0 amide bonds. The molecule has 134 valence electrons. The highest BCUT2D eigenvalue weighted by atomic mass is 32.2. The number of aliphatic hydroxyl groups is 1. The highest BCUT2D eigenvalue weighted by Crippen LogP contribution is 2.32. The predicted molar refractivity (Wildman–Crippen MR) is 107 cm³/mol. The van der Waals surface area contributed by atoms with E-state index in [0.717, 1.165) is 17.0 Å². The van der Waals surface area contributed by atoms with Crippen LogP contribution in [0, 0.1) is 11.3 Å². The van der Waals surface area contributed by atoms with Gasteiger partial charge in [0.25, 0.3) is 0 Å². The molecule has 4 heteroatoms. The minimum absolute atomic E-state index is 0.142. The highest BCUT2D eigenvalue weighted by Gasteiger charge is 2.25. The maximum atomic E-state index is 9.29. The minimum Gasteiger partial charge on any atom is -0.396 e. The summed E-state index contributed by atoms with van der Waals surface area (Å²) in [6.07, 6.45) is 15.6. The molecular formula is C19H35NOS2. The van der Waals surface area contributed by atoms with E-state index in [1.165, 1.54) is 69.5 Å². The quantitative estimate of drug-likeness (QED) is 0.271. The van der Waals surface area contributed by atoms with Gasteiger partial charge < -0.3 is 5.11 Å². The van der Waals surface area contributed by atoms with Crippen LogP contribution >= 0.6 is 24.0 Å². The van der Waals surface area contributed by atoms with Crippen molar-refractivity contribution < 1.29 is 5.11 Å². The SMILES string of the molecule is CCCCCCCCCCCCC(=S)SC(C)(C#N)CCCO. The lowest BCUT2D eigenvalue weighted by Gasteiger charge is -2.20. The standard InChI is InChI=1S/C19H35NOS2/c1-3-4-5-6-7-8-9-10-11-12-14-18(22)23-19(2,17-20)15-13-16-21/h21H,3-16H2,1-2H3. The molecule has 0 saturated heterocycles. The van der Waals surface area contributed by atoms with Gasteiger partial charge in [0.1, 0.15) is 4.75 Å². The Morgan fingerprint density at radius 3 is 2.00 bits per heavy atom. The molecule has 0 aromatic rings. The van der Waals surface area contributed by atoms with Crippen molar-refractivity contribution in [1.82, 2.24) is 0 Å². The zero-order valence-electron chi connectivity index (χ0n) is 15.1. The number of nitriles is 1. The molecule has 0 bridgehead atoms. The van der Waals surface area contributed by atoms with Crippen LogP contribution in [0.1, 0.15) is 97.3 Å². The van der Waals surface area contributed by atoms with Crippen LogP contribution in [0.15, 0.2) is 0 Å². The highest BCUT2D eigenvalue weighted by molar-refractivity contribution is 8.24. The Balaban J connectivity index is 3.58. The van der Waals surface area contributed by atoms with E-state index >= 15 is 0 Å². The van der Waals surface area contributed by atoms with Crippen molar-refractivity contribution >= 4 is 28.2 Å². The fraction of sp³-hybridized carbons (Fsp3) is 0.895. The number of hydrogen-bond donors (Lipinski definition) is 1. The Hall–Kier alpha value is -0.110. The van der Waals surface area contributed by atoms with Crippen molar-refractivity contribution in [1.29, 1.82) is 5.26 Å². The summed E-state index contributed by atoms with van der Waals surface area (Å²) in [6, 6.07) is 2.35. The van der Waals surface area contributed by atoms with Crippen LogP contribution < -0.4 is 0 Å². The van der Waals surface area contributed by atoms with Gasteiger partial charge in [-0.2, -0.15) is 5.26 Å². The van der Waals surface area contributed by atoms with E-state index in [1.54, 1.807) is 0 Å². The number of unbranched alkanes of at least 4 members (excludes halogenated alkanes) is 9. The third-order valence-corrected chi connectivity index (χ3v) is 5.75. The average Bonchev–Trinajstić information content (AvgIpc) is 2.54. The molecule has 0 rings (SSSR count). The van der Waals surface area contributed by atoms with Gasteiger partial charge in [-0.3, -0.25) is 0 Å². The second kappa shape index (κ2) is 15.4. The van der Waals surface area contributed by atoms with Gasteiger partial charge in [-0.05, 0) is 32.6 Å². The molecule has 23 heavy (non-hydrogen) atoms. The fourth-order valence-corrected chi connectivity index (χ4v) is 4.34. The second-order valence-electron chi connectivity index (χ2n) is 6.58. The molecule has 1 N–H and O–H groups in total. The van der Waals surface area contributed by atoms with E-state index in [9.17, 15) is 5.26 Å². The molecular weight excluding hydrogens is 322 g/mol. The fourth-order valence-electron chi connectivity index (χ4n) is 2.61. The lowest BCUT2D eigenvalue weighted by molar-refractivity contribution is 0.282. The van der Waals surface area contributed by atoms with Gasteiger partial charge in [-0.15, -0.1) is 0 Å². The Bertz CT molecular complexity index is 341. The molecule has 0 saturated carbocycles. The molecule has 0 heterocycles. The van der Waals surface area contributed by atoms with E-state index in [-0.39, 0.29) is 6.61 Å². The summed E-state index contributed by atoms with van der Waals surface area (Å²) in [4.78, 5) is 0. The molecule has 0 fully saturated rings. The number of thioether (sulfide) groups is 1. The lowest BCUT2D eigenvalue weighted by atomic mass is 10.1. The second-order valence-corrected chi connectivity index (χ2v) is 8.93. The normalized spacial score (nSPS) is 13.5. The van der Waals surface area contributed by atoms with Crippen molar-refractivity contribution in [3.05, 3.63) is 0 Å². The summed E-state index contributed by atoms with van der Waals surface area (Å²) < 4.78 is 0.477. The summed E-state index contributed by atoms with van der Waals surface area (Å²) >= 11 is 6.95. The minimum atomic E-state index is -0.474. The zero-order chi connectivity index (χ0) is 17.4. The largest absolute Gasteiger partial charge is 0.396 e. The van der Waals surface area contributed by atoms with Gasteiger partial charge in [-0.1, -0.05) is 88.7 Å². The smallest absolute Gasteiger partial charge is 0.105 e. The third kappa shape index (κ3) is 14.0. The summed E-state index contributed by atoms with van der Waals surface area (Å²) in [6.45, 7) is 4.33. The van der Waals surface area contributed by atoms with Crippen LogP contribution in [0.4, 0.5) is 0 Å². The van der Waals surface area contributed by atoms with E-state index in [1.807, 2.05) is 6.92 Å². The third-order valence-electron chi connectivity index (χ3n) is 4.12. The summed E-state index contributed by atoms with van der Waals surface area (Å²) in [5.41, 5.74) is 0. The molecule has 0 aromatic carbocycles. The summed E-state index contributed by atoms with van der Waals surface area (Å²) in [5, 5.41) is 18.2. The number of thiocarbonyl (C=S) groups is 1. The maximum absolute atomic E-state index is 9.29. The Labute approximate surface area is 153 Å². The first kappa shape index (κ1) is 22.9. The molecule has 2 nitrogen and oxygen atoms in total. The topological polar surface area (TPSA) is 44.0 Å². The van der Waals surface area contributed by atoms with E-state index in [0.29, 0.717) is 12.8 Å². The van der Waals surface area contributed by atoms with Crippen LogP contribution in [0.2, 0.25) is 0 Å². The monoisotopic (exact) mass is 357 g/mol. The zero-order valence-corrected chi connectivity index (χ0v) is 16.7. The van der Waals surface area contributed by atoms with Gasteiger partial charge in [0.15, 0.2) is 0 Å². The number of hydrogen-bond acceptors (Lipinski definition) is 4. The first-order valence-corrected chi connectivity index (χ1v) is 10.5. The van der Waals surface area contributed by atoms with Gasteiger partial charge in [-0.25, -0.2) is 0 Å². The van der Waals surface area contributed by atoms with Crippen molar-refractivity contribution in [2.45, 2.75) is 102 Å². The summed E-state index contributed by atoms with van der Waals surface area (Å²) in [5.74, 6) is 0. The van der Waals surface area contributed by atoms with Gasteiger partial charge in [0, 0.05) is 10.8 Å². The number of aliphatic hydroxyl groups excluding tert-OH is 1. The van der Waals surface area contributed by atoms with Crippen LogP contribution in [-0.2, 0) is 0 Å². The van der Waals surface area contributed by atoms with E-state index in [4.69, 9.17) is 17.3 Å². The summed E-state index contributed by atoms with van der Waals surface area (Å²) in [7, 11) is 0. The van der Waals surface area contributed by atoms with Gasteiger partial charge in [0.05, 0.1) is 6.07 Å². The van der Waals surface area contributed by atoms with Crippen molar-refractivity contribution in [2.75, 3.05) is 6.61 Å². The first-order chi connectivity index (χ1) is 11.1. The number of rotatable bonds is 15. The average molecular weight is 358 g/mol. The molecule has 0 spiro atoms. The molecule has 0 aromatic heterocycles. The maximum Gasteiger partial charge on any atom is 0.105 e. The van der Waals surface area contributed by atoms with E-state index in [2.05, 4.69) is 13.0 Å². The van der Waals surface area contributed by atoms with Crippen molar-refractivity contribution in [3.63, 3.8) is 0 Å². The molecule has 0 aliphatic heterocycles. The van der Waals surface area contributed by atoms with Crippen molar-refractivity contribution in [2.24, 2.45) is 0 Å². The molecule has 0 aliphatic carbocycles. The Morgan fingerprint density at radius 1 is 1.00 bits per heavy atom. The molecule has 1 atom stereocenters. The van der Waals surface area contributed by atoms with Gasteiger partial charge >= 0.3 is 0 Å². The molecule has 0 aliphatic rings. The van der Waals surface area contributed by atoms with Crippen LogP contribution in [0.3, 0.4) is 0 Å². The lowest BCUT2D eigenvalue weighted by Crippen LogP contribution is -2.20. The molecule has 1 unspecified atom stereocenters. The van der Waals surface area contributed by atoms with Crippen molar-refractivity contribution in [3.8, 4) is 6.07 Å². The van der Waals surface area contributed by atoms with Gasteiger partial charge in [0.2, 0.25) is 0 Å². The van der Waals surface area contributed by atoms with Crippen LogP contribution in [0.5, 0.6) is 0 Å². The van der Waals surface area contributed by atoms with E-state index < -0.39 is 4.75 Å². The predicted octanol–water partition coefficient (Wildman–Crippen LogP) is 6.41. The number of nitrogens with zero attached hydrogens (tertiary/aromatic N) is 1. The Morgan fingerprint density at radius 2 is 1.52 bits per heavy atom. The first-order valence-electron chi connectivity index (χ1n) is 9.32.